The van der Waals surface area contributed by atoms with Gasteiger partial charge >= 0.3 is 0 Å². The number of phenols is 1. The minimum atomic E-state index is 0.339. The van der Waals surface area contributed by atoms with E-state index in [0.717, 1.165) is 11.1 Å². The topological polar surface area (TPSA) is 20.2 Å². The van der Waals surface area contributed by atoms with Crippen molar-refractivity contribution in [3.05, 3.63) is 53.6 Å². The number of aryl methyl sites for hydroxylation is 1. The molecule has 0 aliphatic rings. The first kappa shape index (κ1) is 11.7. The number of benzene rings is 2. The van der Waals surface area contributed by atoms with Gasteiger partial charge in [-0.3, -0.25) is 0 Å². The van der Waals surface area contributed by atoms with Gasteiger partial charge in [0.2, 0.25) is 0 Å². The van der Waals surface area contributed by atoms with E-state index in [-0.39, 0.29) is 0 Å². The Morgan fingerprint density at radius 3 is 2.35 bits per heavy atom. The summed E-state index contributed by atoms with van der Waals surface area (Å²) < 4.78 is 0. The molecule has 0 aliphatic carbocycles. The summed E-state index contributed by atoms with van der Waals surface area (Å²) in [4.78, 5) is 0. The van der Waals surface area contributed by atoms with Crippen molar-refractivity contribution < 1.29 is 5.11 Å². The van der Waals surface area contributed by atoms with Gasteiger partial charge in [-0.2, -0.15) is 0 Å². The maximum Gasteiger partial charge on any atom is 0.123 e. The number of rotatable bonds is 2. The molecule has 2 aromatic rings. The van der Waals surface area contributed by atoms with Gasteiger partial charge in [-0.15, -0.1) is 0 Å². The minimum absolute atomic E-state index is 0.339. The van der Waals surface area contributed by atoms with Gasteiger partial charge in [-0.05, 0) is 35.6 Å². The largest absolute Gasteiger partial charge is 0.507 e. The second-order valence-electron chi connectivity index (χ2n) is 4.74. The quantitative estimate of drug-likeness (QED) is 0.799. The van der Waals surface area contributed by atoms with E-state index in [4.69, 9.17) is 0 Å². The Kier molecular flexibility index (Phi) is 3.19. The average Bonchev–Trinajstić information content (AvgIpc) is 2.30. The third-order valence-electron chi connectivity index (χ3n) is 3.12. The lowest BCUT2D eigenvalue weighted by molar-refractivity contribution is 0.477. The number of hydrogen-bond donors (Lipinski definition) is 1. The SMILES string of the molecule is Cc1ccc(-c2ccccc2O)cc1C(C)C. The van der Waals surface area contributed by atoms with Crippen molar-refractivity contribution in [3.63, 3.8) is 0 Å². The van der Waals surface area contributed by atoms with E-state index in [2.05, 4.69) is 39.0 Å². The smallest absolute Gasteiger partial charge is 0.123 e. The Hall–Kier alpha value is -1.76. The molecule has 1 nitrogen and oxygen atoms in total. The summed E-state index contributed by atoms with van der Waals surface area (Å²) in [6, 6.07) is 13.8. The Balaban J connectivity index is 2.54. The lowest BCUT2D eigenvalue weighted by Gasteiger charge is -2.12. The highest BCUT2D eigenvalue weighted by Crippen LogP contribution is 2.31. The summed E-state index contributed by atoms with van der Waals surface area (Å²) >= 11 is 0. The zero-order valence-corrected chi connectivity index (χ0v) is 10.6. The minimum Gasteiger partial charge on any atom is -0.507 e. The van der Waals surface area contributed by atoms with E-state index in [1.165, 1.54) is 11.1 Å². The van der Waals surface area contributed by atoms with Crippen molar-refractivity contribution >= 4 is 0 Å². The highest BCUT2D eigenvalue weighted by atomic mass is 16.3. The van der Waals surface area contributed by atoms with Crippen LogP contribution < -0.4 is 0 Å². The molecule has 0 atom stereocenters. The molecule has 0 saturated heterocycles. The second kappa shape index (κ2) is 4.62. The van der Waals surface area contributed by atoms with Crippen LogP contribution in [0.1, 0.15) is 30.9 Å². The van der Waals surface area contributed by atoms with Gasteiger partial charge in [-0.25, -0.2) is 0 Å². The van der Waals surface area contributed by atoms with Crippen LogP contribution in [0.5, 0.6) is 5.75 Å². The first-order valence-corrected chi connectivity index (χ1v) is 5.98. The molecule has 0 unspecified atom stereocenters. The molecule has 2 aromatic carbocycles. The predicted molar refractivity (Wildman–Crippen MR) is 72.4 cm³/mol. The molecular weight excluding hydrogens is 208 g/mol. The number of aromatic hydroxyl groups is 1. The van der Waals surface area contributed by atoms with Crippen LogP contribution in [0.25, 0.3) is 11.1 Å². The summed E-state index contributed by atoms with van der Waals surface area (Å²) in [6.45, 7) is 6.51. The van der Waals surface area contributed by atoms with Crippen LogP contribution in [0.2, 0.25) is 0 Å². The van der Waals surface area contributed by atoms with E-state index in [9.17, 15) is 5.11 Å². The molecule has 0 saturated carbocycles. The number of hydrogen-bond acceptors (Lipinski definition) is 1. The van der Waals surface area contributed by atoms with Gasteiger partial charge in [0.05, 0.1) is 0 Å². The van der Waals surface area contributed by atoms with Gasteiger partial charge in [0.1, 0.15) is 5.75 Å². The molecule has 0 amide bonds. The third kappa shape index (κ3) is 2.33. The molecule has 0 heterocycles. The van der Waals surface area contributed by atoms with Gasteiger partial charge in [-0.1, -0.05) is 50.2 Å². The third-order valence-corrected chi connectivity index (χ3v) is 3.12. The normalized spacial score (nSPS) is 10.8. The summed E-state index contributed by atoms with van der Waals surface area (Å²) in [5.41, 5.74) is 4.62. The Labute approximate surface area is 103 Å². The monoisotopic (exact) mass is 226 g/mol. The van der Waals surface area contributed by atoms with Gasteiger partial charge in [0, 0.05) is 5.56 Å². The lowest BCUT2D eigenvalue weighted by Crippen LogP contribution is -1.92. The van der Waals surface area contributed by atoms with E-state index < -0.39 is 0 Å². The molecule has 0 bridgehead atoms. The molecule has 1 heteroatoms. The first-order valence-electron chi connectivity index (χ1n) is 5.98. The zero-order chi connectivity index (χ0) is 12.4. The van der Waals surface area contributed by atoms with Crippen molar-refractivity contribution in [3.8, 4) is 16.9 Å². The molecule has 88 valence electrons. The Morgan fingerprint density at radius 2 is 1.71 bits per heavy atom. The van der Waals surface area contributed by atoms with E-state index in [1.807, 2.05) is 18.2 Å². The van der Waals surface area contributed by atoms with Gasteiger partial charge in [0.25, 0.3) is 0 Å². The second-order valence-corrected chi connectivity index (χ2v) is 4.74. The summed E-state index contributed by atoms with van der Waals surface area (Å²) in [6.07, 6.45) is 0. The van der Waals surface area contributed by atoms with Crippen molar-refractivity contribution in [1.29, 1.82) is 0 Å². The fourth-order valence-corrected chi connectivity index (χ4v) is 2.15. The van der Waals surface area contributed by atoms with Crippen LogP contribution in [-0.2, 0) is 0 Å². The van der Waals surface area contributed by atoms with Crippen molar-refractivity contribution in [2.24, 2.45) is 0 Å². The van der Waals surface area contributed by atoms with Crippen LogP contribution >= 0.6 is 0 Å². The molecule has 0 fully saturated rings. The molecular formula is C16H18O. The summed E-state index contributed by atoms with van der Waals surface area (Å²) in [5, 5.41) is 9.86. The van der Waals surface area contributed by atoms with Crippen LogP contribution in [0.3, 0.4) is 0 Å². The molecule has 0 radical (unpaired) electrons. The highest BCUT2D eigenvalue weighted by Gasteiger charge is 2.08. The zero-order valence-electron chi connectivity index (χ0n) is 10.6. The molecule has 0 aliphatic heterocycles. The Morgan fingerprint density at radius 1 is 1.00 bits per heavy atom. The van der Waals surface area contributed by atoms with Crippen LogP contribution in [0.15, 0.2) is 42.5 Å². The predicted octanol–water partition coefficient (Wildman–Crippen LogP) is 4.49. The van der Waals surface area contributed by atoms with Crippen LogP contribution in [0.4, 0.5) is 0 Å². The fraction of sp³-hybridized carbons (Fsp3) is 0.250. The van der Waals surface area contributed by atoms with Gasteiger partial charge < -0.3 is 5.11 Å². The summed E-state index contributed by atoms with van der Waals surface area (Å²) in [7, 11) is 0. The fourth-order valence-electron chi connectivity index (χ4n) is 2.15. The van der Waals surface area contributed by atoms with E-state index in [0.29, 0.717) is 11.7 Å². The molecule has 2 rings (SSSR count). The first-order chi connectivity index (χ1) is 8.09. The average molecular weight is 226 g/mol. The maximum absolute atomic E-state index is 9.86. The maximum atomic E-state index is 9.86. The number of para-hydroxylation sites is 1. The molecule has 0 aromatic heterocycles. The van der Waals surface area contributed by atoms with Crippen molar-refractivity contribution in [2.45, 2.75) is 26.7 Å². The van der Waals surface area contributed by atoms with E-state index >= 15 is 0 Å². The van der Waals surface area contributed by atoms with Crippen molar-refractivity contribution in [2.75, 3.05) is 0 Å². The molecule has 1 N–H and O–H groups in total. The van der Waals surface area contributed by atoms with Gasteiger partial charge in [0.15, 0.2) is 0 Å². The van der Waals surface area contributed by atoms with Crippen LogP contribution in [-0.4, -0.2) is 5.11 Å². The lowest BCUT2D eigenvalue weighted by atomic mass is 9.93. The molecule has 17 heavy (non-hydrogen) atoms. The van der Waals surface area contributed by atoms with Crippen molar-refractivity contribution in [1.82, 2.24) is 0 Å². The standard InChI is InChI=1S/C16H18O/c1-11(2)15-10-13(9-8-12(15)3)14-6-4-5-7-16(14)17/h4-11,17H,1-3H3. The highest BCUT2D eigenvalue weighted by molar-refractivity contribution is 5.71. The Bertz CT molecular complexity index is 527. The van der Waals surface area contributed by atoms with Crippen LogP contribution in [0, 0.1) is 6.92 Å². The van der Waals surface area contributed by atoms with E-state index in [1.54, 1.807) is 6.07 Å². The molecule has 0 spiro atoms. The number of phenolic OH excluding ortho intramolecular Hbond substituents is 1. The summed E-state index contributed by atoms with van der Waals surface area (Å²) in [5.74, 6) is 0.840.